The molecule has 0 spiro atoms. The molecule has 0 bridgehead atoms. The molecule has 0 radical (unpaired) electrons. The fraction of sp³-hybridized carbons (Fsp3) is 0.529. The van der Waals surface area contributed by atoms with Crippen molar-refractivity contribution in [1.29, 1.82) is 0 Å². The van der Waals surface area contributed by atoms with Crippen LogP contribution >= 0.6 is 0 Å². The number of benzene rings is 1. The lowest BCUT2D eigenvalue weighted by molar-refractivity contribution is -0.127. The maximum absolute atomic E-state index is 12.0. The zero-order valence-electron chi connectivity index (χ0n) is 14.0. The van der Waals surface area contributed by atoms with Crippen LogP contribution in [0.15, 0.2) is 24.3 Å². The number of ether oxygens (including phenoxy) is 1. The fourth-order valence-corrected chi connectivity index (χ4v) is 1.92. The van der Waals surface area contributed by atoms with Gasteiger partial charge in [-0.2, -0.15) is 0 Å². The summed E-state index contributed by atoms with van der Waals surface area (Å²) in [6, 6.07) is 6.82. The van der Waals surface area contributed by atoms with Crippen LogP contribution in [0.25, 0.3) is 0 Å². The number of hydrogen-bond donors (Lipinski definition) is 2. The summed E-state index contributed by atoms with van der Waals surface area (Å²) in [6.45, 7) is 10.0. The summed E-state index contributed by atoms with van der Waals surface area (Å²) in [7, 11) is 0. The van der Waals surface area contributed by atoms with E-state index in [1.54, 1.807) is 24.3 Å². The molecular formula is C17H26N2O3. The second-order valence-electron chi connectivity index (χ2n) is 6.12. The average Bonchev–Trinajstić information content (AvgIpc) is 2.43. The molecule has 0 saturated carbocycles. The molecular weight excluding hydrogens is 280 g/mol. The topological polar surface area (TPSA) is 67.4 Å². The molecule has 0 aromatic heterocycles. The largest absolute Gasteiger partial charge is 0.369 e. The van der Waals surface area contributed by atoms with Gasteiger partial charge in [0.25, 0.3) is 11.8 Å². The highest BCUT2D eigenvalue weighted by molar-refractivity contribution is 5.97. The molecule has 1 unspecified atom stereocenters. The van der Waals surface area contributed by atoms with Crippen LogP contribution in [0.3, 0.4) is 0 Å². The molecule has 2 amide bonds. The third kappa shape index (κ3) is 5.85. The third-order valence-corrected chi connectivity index (χ3v) is 2.93. The number of rotatable bonds is 6. The number of nitrogens with one attached hydrogen (secondary N) is 2. The van der Waals surface area contributed by atoms with E-state index in [0.29, 0.717) is 24.3 Å². The molecule has 0 aliphatic heterocycles. The van der Waals surface area contributed by atoms with Gasteiger partial charge in [-0.05, 0) is 58.4 Å². The molecule has 1 aromatic rings. The van der Waals surface area contributed by atoms with E-state index in [-0.39, 0.29) is 17.4 Å². The average molecular weight is 306 g/mol. The molecule has 2 N–H and O–H groups in total. The Hall–Kier alpha value is -1.88. The molecule has 22 heavy (non-hydrogen) atoms. The summed E-state index contributed by atoms with van der Waals surface area (Å²) in [6.07, 6.45) is 0.167. The number of amides is 2. The quantitative estimate of drug-likeness (QED) is 0.849. The second kappa shape index (κ2) is 7.94. The van der Waals surface area contributed by atoms with E-state index >= 15 is 0 Å². The van der Waals surface area contributed by atoms with Crippen LogP contribution in [0, 0.1) is 0 Å². The molecule has 0 aliphatic rings. The van der Waals surface area contributed by atoms with Crippen molar-refractivity contribution in [3.63, 3.8) is 0 Å². The van der Waals surface area contributed by atoms with E-state index in [0.717, 1.165) is 0 Å². The minimum atomic E-state index is -0.450. The van der Waals surface area contributed by atoms with Gasteiger partial charge in [0.2, 0.25) is 0 Å². The summed E-state index contributed by atoms with van der Waals surface area (Å²) in [5.41, 5.74) is 0.927. The summed E-state index contributed by atoms with van der Waals surface area (Å²) in [5.74, 6) is -0.303. The first-order chi connectivity index (χ1) is 10.3. The molecule has 0 saturated heterocycles. The van der Waals surface area contributed by atoms with E-state index in [1.165, 1.54) is 0 Å². The van der Waals surface area contributed by atoms with Gasteiger partial charge in [0.05, 0.1) is 0 Å². The number of anilines is 1. The van der Waals surface area contributed by atoms with Crippen molar-refractivity contribution in [2.75, 3.05) is 11.9 Å². The fourth-order valence-electron chi connectivity index (χ4n) is 1.92. The molecule has 1 rings (SSSR count). The van der Waals surface area contributed by atoms with Gasteiger partial charge < -0.3 is 15.4 Å². The SMILES string of the molecule is CCOC(CC)C(=O)Nc1ccc(C(=O)NC(C)(C)C)cc1. The lowest BCUT2D eigenvalue weighted by atomic mass is 10.1. The van der Waals surface area contributed by atoms with Gasteiger partial charge in [0, 0.05) is 23.4 Å². The first kappa shape index (κ1) is 18.2. The van der Waals surface area contributed by atoms with Crippen LogP contribution in [-0.4, -0.2) is 30.1 Å². The first-order valence-corrected chi connectivity index (χ1v) is 7.62. The summed E-state index contributed by atoms with van der Waals surface area (Å²) < 4.78 is 5.37. The highest BCUT2D eigenvalue weighted by atomic mass is 16.5. The Labute approximate surface area is 132 Å². The number of carbonyl (C=O) groups is 2. The van der Waals surface area contributed by atoms with Crippen LogP contribution in [0.4, 0.5) is 5.69 Å². The van der Waals surface area contributed by atoms with Crippen molar-refractivity contribution in [2.45, 2.75) is 52.7 Å². The molecule has 1 aromatic carbocycles. The summed E-state index contributed by atoms with van der Waals surface area (Å²) in [5, 5.41) is 5.69. The molecule has 0 heterocycles. The van der Waals surface area contributed by atoms with Gasteiger partial charge in [-0.15, -0.1) is 0 Å². The molecule has 0 aliphatic carbocycles. The highest BCUT2D eigenvalue weighted by Gasteiger charge is 2.17. The third-order valence-electron chi connectivity index (χ3n) is 2.93. The maximum atomic E-state index is 12.0. The van der Waals surface area contributed by atoms with Crippen molar-refractivity contribution < 1.29 is 14.3 Å². The van der Waals surface area contributed by atoms with Gasteiger partial charge in [-0.25, -0.2) is 0 Å². The maximum Gasteiger partial charge on any atom is 0.253 e. The van der Waals surface area contributed by atoms with Crippen LogP contribution in [0.2, 0.25) is 0 Å². The number of hydrogen-bond acceptors (Lipinski definition) is 3. The van der Waals surface area contributed by atoms with Gasteiger partial charge in [-0.1, -0.05) is 6.92 Å². The van der Waals surface area contributed by atoms with Gasteiger partial charge in [-0.3, -0.25) is 9.59 Å². The predicted octanol–water partition coefficient (Wildman–Crippen LogP) is 2.97. The van der Waals surface area contributed by atoms with Gasteiger partial charge >= 0.3 is 0 Å². The van der Waals surface area contributed by atoms with Crippen molar-refractivity contribution in [3.05, 3.63) is 29.8 Å². The van der Waals surface area contributed by atoms with Crippen LogP contribution in [-0.2, 0) is 9.53 Å². The molecule has 5 heteroatoms. The van der Waals surface area contributed by atoms with E-state index in [4.69, 9.17) is 4.74 Å². The zero-order valence-corrected chi connectivity index (χ0v) is 14.0. The minimum absolute atomic E-state index is 0.133. The lowest BCUT2D eigenvalue weighted by Gasteiger charge is -2.20. The summed E-state index contributed by atoms with van der Waals surface area (Å²) >= 11 is 0. The summed E-state index contributed by atoms with van der Waals surface area (Å²) in [4.78, 5) is 24.0. The Kier molecular flexibility index (Phi) is 6.56. The molecule has 122 valence electrons. The van der Waals surface area contributed by atoms with Crippen molar-refractivity contribution in [3.8, 4) is 0 Å². The highest BCUT2D eigenvalue weighted by Crippen LogP contribution is 2.12. The van der Waals surface area contributed by atoms with Crippen LogP contribution in [0.1, 0.15) is 51.4 Å². The Balaban J connectivity index is 2.69. The van der Waals surface area contributed by atoms with Crippen molar-refractivity contribution in [2.24, 2.45) is 0 Å². The zero-order chi connectivity index (χ0) is 16.8. The lowest BCUT2D eigenvalue weighted by Crippen LogP contribution is -2.40. The minimum Gasteiger partial charge on any atom is -0.369 e. The Morgan fingerprint density at radius 2 is 1.73 bits per heavy atom. The van der Waals surface area contributed by atoms with E-state index in [9.17, 15) is 9.59 Å². The van der Waals surface area contributed by atoms with Crippen LogP contribution in [0.5, 0.6) is 0 Å². The van der Waals surface area contributed by atoms with E-state index < -0.39 is 6.10 Å². The molecule has 5 nitrogen and oxygen atoms in total. The van der Waals surface area contributed by atoms with Gasteiger partial charge in [0.1, 0.15) is 6.10 Å². The van der Waals surface area contributed by atoms with E-state index in [1.807, 2.05) is 34.6 Å². The van der Waals surface area contributed by atoms with E-state index in [2.05, 4.69) is 10.6 Å². The van der Waals surface area contributed by atoms with Gasteiger partial charge in [0.15, 0.2) is 0 Å². The standard InChI is InChI=1S/C17H26N2O3/c1-6-14(22-7-2)16(21)18-13-10-8-12(9-11-13)15(20)19-17(3,4)5/h8-11,14H,6-7H2,1-5H3,(H,18,21)(H,19,20). The molecule has 1 atom stereocenters. The Bertz CT molecular complexity index is 504. The van der Waals surface area contributed by atoms with Crippen LogP contribution < -0.4 is 10.6 Å². The van der Waals surface area contributed by atoms with Crippen molar-refractivity contribution >= 4 is 17.5 Å². The Morgan fingerprint density at radius 1 is 1.14 bits per heavy atom. The predicted molar refractivity (Wildman–Crippen MR) is 88.0 cm³/mol. The normalized spacial score (nSPS) is 12.6. The smallest absolute Gasteiger partial charge is 0.253 e. The monoisotopic (exact) mass is 306 g/mol. The first-order valence-electron chi connectivity index (χ1n) is 7.62. The van der Waals surface area contributed by atoms with Crippen molar-refractivity contribution in [1.82, 2.24) is 5.32 Å². The number of carbonyl (C=O) groups excluding carboxylic acids is 2. The second-order valence-corrected chi connectivity index (χ2v) is 6.12. The Morgan fingerprint density at radius 3 is 2.18 bits per heavy atom. The molecule has 0 fully saturated rings.